The van der Waals surface area contributed by atoms with Gasteiger partial charge in [-0.1, -0.05) is 12.1 Å². The van der Waals surface area contributed by atoms with E-state index in [1.54, 1.807) is 31.2 Å². The number of rotatable bonds is 9. The second-order valence-corrected chi connectivity index (χ2v) is 7.36. The van der Waals surface area contributed by atoms with E-state index in [1.807, 2.05) is 36.4 Å². The highest BCUT2D eigenvalue weighted by Gasteiger charge is 2.24. The minimum atomic E-state index is -0.233. The molecule has 0 saturated carbocycles. The number of hydrogen-bond acceptors (Lipinski definition) is 6. The maximum atomic E-state index is 12.5. The van der Waals surface area contributed by atoms with E-state index in [0.29, 0.717) is 50.6 Å². The number of nitrogens with zero attached hydrogens (tertiary/aromatic N) is 2. The maximum Gasteiger partial charge on any atom is 0.246 e. The van der Waals surface area contributed by atoms with Crippen LogP contribution in [-0.2, 0) is 20.7 Å². The van der Waals surface area contributed by atoms with Gasteiger partial charge in [0.15, 0.2) is 11.5 Å². The average molecular weight is 424 g/mol. The zero-order valence-electron chi connectivity index (χ0n) is 18.0. The summed E-state index contributed by atoms with van der Waals surface area (Å²) < 4.78 is 17.1. The molecule has 3 rings (SSSR count). The van der Waals surface area contributed by atoms with Gasteiger partial charge in [0.1, 0.15) is 18.5 Å². The second-order valence-electron chi connectivity index (χ2n) is 7.36. The molecule has 1 aliphatic rings. The Morgan fingerprint density at radius 1 is 1.26 bits per heavy atom. The first kappa shape index (κ1) is 22.5. The lowest BCUT2D eigenvalue weighted by molar-refractivity contribution is -0.134. The molecule has 7 nitrogen and oxygen atoms in total. The normalized spacial score (nSPS) is 16.3. The van der Waals surface area contributed by atoms with Gasteiger partial charge in [-0.25, -0.2) is 0 Å². The molecule has 0 N–H and O–H groups in total. The number of aryl methyl sites for hydroxylation is 1. The highest BCUT2D eigenvalue weighted by atomic mass is 16.5. The van der Waals surface area contributed by atoms with E-state index in [0.717, 1.165) is 11.3 Å². The van der Waals surface area contributed by atoms with Crippen molar-refractivity contribution in [2.24, 2.45) is 0 Å². The van der Waals surface area contributed by atoms with Crippen molar-refractivity contribution in [2.75, 3.05) is 33.4 Å². The van der Waals surface area contributed by atoms with Crippen LogP contribution in [0.5, 0.6) is 11.5 Å². The number of amides is 1. The summed E-state index contributed by atoms with van der Waals surface area (Å²) in [6.07, 6.45) is 5.87. The Hall–Kier alpha value is -3.19. The Morgan fingerprint density at radius 2 is 2.13 bits per heavy atom. The molecule has 2 aromatic rings. The van der Waals surface area contributed by atoms with E-state index >= 15 is 0 Å². The van der Waals surface area contributed by atoms with E-state index < -0.39 is 0 Å². The zero-order valence-corrected chi connectivity index (χ0v) is 18.0. The van der Waals surface area contributed by atoms with Crippen LogP contribution in [0.1, 0.15) is 24.6 Å². The predicted molar refractivity (Wildman–Crippen MR) is 117 cm³/mol. The molecule has 31 heavy (non-hydrogen) atoms. The number of methoxy groups -OCH3 is 1. The third-order valence-electron chi connectivity index (χ3n) is 4.95. The minimum Gasteiger partial charge on any atom is -0.493 e. The summed E-state index contributed by atoms with van der Waals surface area (Å²) >= 11 is 0. The fourth-order valence-corrected chi connectivity index (χ4v) is 3.25. The summed E-state index contributed by atoms with van der Waals surface area (Å²) in [6, 6.07) is 11.2. The Kier molecular flexibility index (Phi) is 8.18. The minimum absolute atomic E-state index is 0.0774. The molecule has 0 radical (unpaired) electrons. The number of carbonyl (C=O) groups is 2. The van der Waals surface area contributed by atoms with Crippen LogP contribution < -0.4 is 9.47 Å². The second kappa shape index (κ2) is 11.3. The molecule has 1 amide bonds. The third-order valence-corrected chi connectivity index (χ3v) is 4.95. The third kappa shape index (κ3) is 6.93. The summed E-state index contributed by atoms with van der Waals surface area (Å²) in [5, 5.41) is 0. The molecule has 0 aliphatic carbocycles. The lowest BCUT2D eigenvalue weighted by Crippen LogP contribution is -2.47. The molecule has 1 aromatic heterocycles. The fourth-order valence-electron chi connectivity index (χ4n) is 3.25. The van der Waals surface area contributed by atoms with Crippen molar-refractivity contribution in [1.82, 2.24) is 9.88 Å². The molecular formula is C24H28N2O5. The fraction of sp³-hybridized carbons (Fsp3) is 0.375. The van der Waals surface area contributed by atoms with Crippen molar-refractivity contribution < 1.29 is 23.8 Å². The molecule has 2 heterocycles. The summed E-state index contributed by atoms with van der Waals surface area (Å²) in [5.74, 6) is 1.30. The summed E-state index contributed by atoms with van der Waals surface area (Å²) in [5.41, 5.74) is 1.76. The quantitative estimate of drug-likeness (QED) is 0.576. The zero-order chi connectivity index (χ0) is 22.1. The van der Waals surface area contributed by atoms with Crippen molar-refractivity contribution in [2.45, 2.75) is 25.9 Å². The first-order chi connectivity index (χ1) is 15.0. The van der Waals surface area contributed by atoms with Crippen molar-refractivity contribution in [3.05, 3.63) is 59.9 Å². The van der Waals surface area contributed by atoms with Crippen LogP contribution in [-0.4, -0.2) is 61.1 Å². The molecule has 1 unspecified atom stereocenters. The smallest absolute Gasteiger partial charge is 0.246 e. The summed E-state index contributed by atoms with van der Waals surface area (Å²) in [6.45, 7) is 3.33. The molecule has 1 atom stereocenters. The number of ether oxygens (including phenoxy) is 3. The lowest BCUT2D eigenvalue weighted by Gasteiger charge is -2.32. The number of carbonyl (C=O) groups excluding carboxylic acids is 2. The predicted octanol–water partition coefficient (Wildman–Crippen LogP) is 2.93. The average Bonchev–Trinajstić information content (AvgIpc) is 2.80. The van der Waals surface area contributed by atoms with Gasteiger partial charge in [0.2, 0.25) is 5.91 Å². The summed E-state index contributed by atoms with van der Waals surface area (Å²) in [7, 11) is 1.59. The van der Waals surface area contributed by atoms with Crippen molar-refractivity contribution in [3.8, 4) is 11.5 Å². The molecule has 1 fully saturated rings. The summed E-state index contributed by atoms with van der Waals surface area (Å²) in [4.78, 5) is 29.6. The van der Waals surface area contributed by atoms with Gasteiger partial charge in [0.05, 0.1) is 26.0 Å². The molecule has 164 valence electrons. The monoisotopic (exact) mass is 424 g/mol. The van der Waals surface area contributed by atoms with Gasteiger partial charge in [-0.15, -0.1) is 0 Å². The number of benzene rings is 1. The lowest BCUT2D eigenvalue weighted by atomic mass is 10.1. The van der Waals surface area contributed by atoms with Crippen LogP contribution in [0.2, 0.25) is 0 Å². The number of aromatic nitrogens is 1. The largest absolute Gasteiger partial charge is 0.493 e. The van der Waals surface area contributed by atoms with Crippen molar-refractivity contribution >= 4 is 17.8 Å². The molecule has 0 spiro atoms. The van der Waals surface area contributed by atoms with Crippen LogP contribution in [0, 0.1) is 0 Å². The number of ketones is 1. The Morgan fingerprint density at radius 3 is 2.87 bits per heavy atom. The van der Waals surface area contributed by atoms with Gasteiger partial charge >= 0.3 is 0 Å². The standard InChI is InChI=1S/C24H28N2O5/c1-18(27)6-7-19-8-10-22(23(15-19)29-2)31-17-21-16-26(13-14-30-21)24(28)11-9-20-5-3-4-12-25-20/h3-5,8-12,15,21H,6-7,13-14,16-17H2,1-2H3/b11-9+. The first-order valence-electron chi connectivity index (χ1n) is 10.3. The van der Waals surface area contributed by atoms with Crippen LogP contribution in [0.15, 0.2) is 48.7 Å². The van der Waals surface area contributed by atoms with Gasteiger partial charge in [0, 0.05) is 25.2 Å². The Bertz CT molecular complexity index is 913. The van der Waals surface area contributed by atoms with Crippen LogP contribution in [0.25, 0.3) is 6.08 Å². The van der Waals surface area contributed by atoms with E-state index in [4.69, 9.17) is 14.2 Å². The van der Waals surface area contributed by atoms with Gasteiger partial charge in [-0.05, 0) is 49.2 Å². The maximum absolute atomic E-state index is 12.5. The molecular weight excluding hydrogens is 396 g/mol. The van der Waals surface area contributed by atoms with Gasteiger partial charge in [-0.3, -0.25) is 9.78 Å². The van der Waals surface area contributed by atoms with Crippen molar-refractivity contribution in [3.63, 3.8) is 0 Å². The van der Waals surface area contributed by atoms with Gasteiger partial charge < -0.3 is 23.9 Å². The van der Waals surface area contributed by atoms with Gasteiger partial charge in [-0.2, -0.15) is 0 Å². The first-order valence-corrected chi connectivity index (χ1v) is 10.3. The highest BCUT2D eigenvalue weighted by Crippen LogP contribution is 2.29. The molecule has 7 heteroatoms. The number of Topliss-reactive ketones (excluding diaryl/α,β-unsaturated/α-hetero) is 1. The van der Waals surface area contributed by atoms with E-state index in [9.17, 15) is 9.59 Å². The molecule has 0 bridgehead atoms. The number of hydrogen-bond donors (Lipinski definition) is 0. The van der Waals surface area contributed by atoms with Crippen molar-refractivity contribution in [1.29, 1.82) is 0 Å². The molecule has 1 aliphatic heterocycles. The van der Waals surface area contributed by atoms with E-state index in [1.165, 1.54) is 6.08 Å². The van der Waals surface area contributed by atoms with E-state index in [2.05, 4.69) is 4.98 Å². The SMILES string of the molecule is COc1cc(CCC(C)=O)ccc1OCC1CN(C(=O)/C=C/c2ccccn2)CCO1. The van der Waals surface area contributed by atoms with Crippen LogP contribution in [0.4, 0.5) is 0 Å². The van der Waals surface area contributed by atoms with Gasteiger partial charge in [0.25, 0.3) is 0 Å². The van der Waals surface area contributed by atoms with Crippen LogP contribution in [0.3, 0.4) is 0 Å². The Balaban J connectivity index is 1.54. The topological polar surface area (TPSA) is 78.0 Å². The number of morpholine rings is 1. The molecule has 1 saturated heterocycles. The number of pyridine rings is 1. The highest BCUT2D eigenvalue weighted by molar-refractivity contribution is 5.91. The Labute approximate surface area is 182 Å². The molecule has 1 aromatic carbocycles. The van der Waals surface area contributed by atoms with E-state index in [-0.39, 0.29) is 17.8 Å². The van der Waals surface area contributed by atoms with Crippen LogP contribution >= 0.6 is 0 Å².